The Hall–Kier alpha value is -4.18. The number of rotatable bonds is 14. The molecular weight excluding hydrogens is 658 g/mol. The van der Waals surface area contributed by atoms with Gasteiger partial charge in [0.15, 0.2) is 11.2 Å². The number of hydrogen-bond donors (Lipinski definition) is 1. The molecule has 46 heavy (non-hydrogen) atoms. The van der Waals surface area contributed by atoms with E-state index in [1.807, 2.05) is 35.1 Å². The lowest BCUT2D eigenvalue weighted by Gasteiger charge is -2.18. The van der Waals surface area contributed by atoms with Crippen LogP contribution in [0.5, 0.6) is 0 Å². The molecule has 2 aliphatic heterocycles. The molecule has 2 aliphatic rings. The number of allylic oxidation sites excluding steroid dienone is 4. The van der Waals surface area contributed by atoms with Gasteiger partial charge in [-0.1, -0.05) is 41.2 Å². The van der Waals surface area contributed by atoms with Crippen molar-refractivity contribution in [2.24, 2.45) is 0 Å². The number of unbranched alkanes of at least 4 members (excludes halogenated alkanes) is 2. The third-order valence-corrected chi connectivity index (χ3v) is 8.86. The standard InChI is InChI=1S/C30H30ClN5O8S2/c31-21-19-23-30(35(20-21)15-6-2-5-12-28(39)44-36-26(37)13-14-27(36)38)33-25(45-23)11-4-1-3-10-24-32-29-22(43-24)9-7-16-34(29)17-8-18-46(40,41)42/h1,3-4,7,9-11,16,19-20H,2,5-6,8,12-15,17-18H2/p+1. The summed E-state index contributed by atoms with van der Waals surface area (Å²) < 4.78 is 39.7. The number of carbonyl (C=O) groups is 3. The lowest BCUT2D eigenvalue weighted by atomic mass is 10.2. The van der Waals surface area contributed by atoms with Crippen molar-refractivity contribution in [3.63, 3.8) is 0 Å². The number of amides is 2. The molecule has 0 atom stereocenters. The zero-order chi connectivity index (χ0) is 32.7. The molecule has 16 heteroatoms. The van der Waals surface area contributed by atoms with Gasteiger partial charge in [-0.25, -0.2) is 9.36 Å². The number of anilines is 1. The highest BCUT2D eigenvalue weighted by Gasteiger charge is 2.32. The molecule has 5 rings (SSSR count). The van der Waals surface area contributed by atoms with Gasteiger partial charge in [0.25, 0.3) is 21.9 Å². The molecule has 3 aromatic heterocycles. The maximum atomic E-state index is 12.0. The van der Waals surface area contributed by atoms with Gasteiger partial charge in [-0.3, -0.25) is 14.1 Å². The number of oxazole rings is 1. The number of thiazole rings is 1. The number of hydrogen-bond acceptors (Lipinski definition) is 11. The van der Waals surface area contributed by atoms with Crippen molar-refractivity contribution in [1.29, 1.82) is 0 Å². The van der Waals surface area contributed by atoms with Gasteiger partial charge in [0.1, 0.15) is 10.9 Å². The molecule has 0 saturated carbocycles. The number of fused-ring (bicyclic) bond motifs is 2. The van der Waals surface area contributed by atoms with E-state index >= 15 is 0 Å². The van der Waals surface area contributed by atoms with E-state index in [1.54, 1.807) is 35.4 Å². The number of aromatic nitrogens is 3. The zero-order valence-corrected chi connectivity index (χ0v) is 27.0. The summed E-state index contributed by atoms with van der Waals surface area (Å²) in [7, 11) is -4.02. The van der Waals surface area contributed by atoms with Crippen LogP contribution < -0.4 is 20.4 Å². The van der Waals surface area contributed by atoms with E-state index in [2.05, 4.69) is 4.98 Å². The summed E-state index contributed by atoms with van der Waals surface area (Å²) in [6.45, 7) is 1.00. The largest absolute Gasteiger partial charge is 0.435 e. The van der Waals surface area contributed by atoms with Gasteiger partial charge in [0.2, 0.25) is 10.6 Å². The fourth-order valence-electron chi connectivity index (χ4n) is 4.76. The number of imide groups is 1. The summed E-state index contributed by atoms with van der Waals surface area (Å²) in [5.74, 6) is -1.34. The van der Waals surface area contributed by atoms with E-state index in [0.29, 0.717) is 46.4 Å². The minimum Gasteiger partial charge on any atom is -0.435 e. The topological polar surface area (TPSA) is 164 Å². The van der Waals surface area contributed by atoms with E-state index in [1.165, 1.54) is 11.3 Å². The summed E-state index contributed by atoms with van der Waals surface area (Å²) >= 11 is 7.86. The Balaban J connectivity index is 1.13. The summed E-state index contributed by atoms with van der Waals surface area (Å²) in [6.07, 6.45) is 18.7. The maximum absolute atomic E-state index is 12.0. The fourth-order valence-corrected chi connectivity index (χ4v) is 6.49. The number of aryl methyl sites for hydroxylation is 1. The number of hydroxylamine groups is 2. The fraction of sp³-hybridized carbons (Fsp3) is 0.333. The molecule has 0 unspecified atom stereocenters. The second kappa shape index (κ2) is 14.9. The smallest absolute Gasteiger partial charge is 0.342 e. The third kappa shape index (κ3) is 8.96. The molecule has 2 amide bonds. The highest BCUT2D eigenvalue weighted by molar-refractivity contribution is 7.85. The highest BCUT2D eigenvalue weighted by Crippen LogP contribution is 2.24. The second-order valence-corrected chi connectivity index (χ2v) is 13.5. The van der Waals surface area contributed by atoms with Crippen molar-refractivity contribution in [2.75, 3.05) is 17.2 Å². The van der Waals surface area contributed by atoms with Gasteiger partial charge >= 0.3 is 11.6 Å². The number of carbonyl (C=O) groups excluding carboxylic acids is 3. The van der Waals surface area contributed by atoms with Crippen molar-refractivity contribution >= 4 is 85.2 Å². The number of nitrogens with zero attached hydrogens (tertiary/aromatic N) is 5. The molecule has 3 aromatic rings. The van der Waals surface area contributed by atoms with Crippen LogP contribution in [-0.2, 0) is 35.9 Å². The predicted octanol–water partition coefficient (Wildman–Crippen LogP) is 2.84. The van der Waals surface area contributed by atoms with Gasteiger partial charge < -0.3 is 14.2 Å². The van der Waals surface area contributed by atoms with Crippen molar-refractivity contribution in [1.82, 2.24) is 15.0 Å². The molecule has 0 aliphatic carbocycles. The number of pyridine rings is 1. The molecular formula is C30H31ClN5O8S2+. The Morgan fingerprint density at radius 2 is 1.93 bits per heavy atom. The van der Waals surface area contributed by atoms with E-state index < -0.39 is 27.9 Å². The molecule has 0 radical (unpaired) electrons. The Bertz CT molecular complexity index is 1950. The molecule has 1 N–H and O–H groups in total. The van der Waals surface area contributed by atoms with Gasteiger partial charge in [-0.15, -0.1) is 5.06 Å². The van der Waals surface area contributed by atoms with E-state index in [4.69, 9.17) is 30.4 Å². The van der Waals surface area contributed by atoms with Crippen molar-refractivity contribution in [2.45, 2.75) is 51.5 Å². The average molecular weight is 689 g/mol. The molecule has 0 aromatic carbocycles. The van der Waals surface area contributed by atoms with Gasteiger partial charge in [0, 0.05) is 44.2 Å². The first kappa shape index (κ1) is 33.2. The van der Waals surface area contributed by atoms with Gasteiger partial charge in [-0.2, -0.15) is 13.4 Å². The molecule has 5 heterocycles. The van der Waals surface area contributed by atoms with E-state index in [9.17, 15) is 22.8 Å². The molecule has 1 fully saturated rings. The molecule has 0 spiro atoms. The van der Waals surface area contributed by atoms with Crippen LogP contribution in [0.4, 0.5) is 5.82 Å². The Kier molecular flexibility index (Phi) is 10.8. The van der Waals surface area contributed by atoms with Crippen LogP contribution >= 0.6 is 22.9 Å². The molecule has 242 valence electrons. The molecule has 1 saturated heterocycles. The van der Waals surface area contributed by atoms with E-state index in [-0.39, 0.29) is 31.4 Å². The first-order chi connectivity index (χ1) is 22.1. The minimum absolute atomic E-state index is 0.0664. The summed E-state index contributed by atoms with van der Waals surface area (Å²) in [6, 6.07) is 1.87. The van der Waals surface area contributed by atoms with E-state index in [0.717, 1.165) is 28.2 Å². The van der Waals surface area contributed by atoms with Gasteiger partial charge in [-0.05, 0) is 48.9 Å². The van der Waals surface area contributed by atoms with Crippen LogP contribution in [0.2, 0.25) is 5.02 Å². The van der Waals surface area contributed by atoms with Crippen molar-refractivity contribution in [3.05, 3.63) is 63.8 Å². The van der Waals surface area contributed by atoms with Crippen LogP contribution in [0.3, 0.4) is 0 Å². The van der Waals surface area contributed by atoms with Gasteiger partial charge in [0.05, 0.1) is 17.3 Å². The van der Waals surface area contributed by atoms with Crippen LogP contribution in [0.15, 0.2) is 47.2 Å². The second-order valence-electron chi connectivity index (χ2n) is 10.4. The Morgan fingerprint density at radius 1 is 1.13 bits per heavy atom. The monoisotopic (exact) mass is 688 g/mol. The van der Waals surface area contributed by atoms with Crippen LogP contribution in [0.1, 0.15) is 50.0 Å². The molecule has 0 bridgehead atoms. The first-order valence-corrected chi connectivity index (χ1v) is 17.3. The van der Waals surface area contributed by atoms with Crippen molar-refractivity contribution < 1.29 is 41.2 Å². The average Bonchev–Trinajstić information content (AvgIpc) is 3.69. The maximum Gasteiger partial charge on any atom is 0.342 e. The predicted molar refractivity (Wildman–Crippen MR) is 171 cm³/mol. The summed E-state index contributed by atoms with van der Waals surface area (Å²) in [5.41, 5.74) is 1.74. The Labute approximate surface area is 273 Å². The first-order valence-electron chi connectivity index (χ1n) is 14.5. The van der Waals surface area contributed by atoms with Crippen molar-refractivity contribution in [3.8, 4) is 0 Å². The molecule has 13 nitrogen and oxygen atoms in total. The normalized spacial score (nSPS) is 15.6. The quantitative estimate of drug-likeness (QED) is 0.0871. The summed E-state index contributed by atoms with van der Waals surface area (Å²) in [5, 5.41) is 1.94. The van der Waals surface area contributed by atoms with Crippen LogP contribution in [0, 0.1) is 0 Å². The third-order valence-electron chi connectivity index (χ3n) is 6.89. The minimum atomic E-state index is -4.02. The number of halogens is 1. The SMILES string of the molecule is O=C(CCCCC[n+]1cc(Cl)cc2sc(/C=C/C=C/C=c3\nc4c(o3)=CC=CN4CCCS(=O)(=O)O)nc21)ON1C(=O)CCC1=O. The van der Waals surface area contributed by atoms with Crippen LogP contribution in [0.25, 0.3) is 28.6 Å². The summed E-state index contributed by atoms with van der Waals surface area (Å²) in [4.78, 5) is 51.1. The zero-order valence-electron chi connectivity index (χ0n) is 24.6. The van der Waals surface area contributed by atoms with Crippen LogP contribution in [-0.4, -0.2) is 58.1 Å². The lowest BCUT2D eigenvalue weighted by molar-refractivity contribution is -0.673. The highest BCUT2D eigenvalue weighted by atomic mass is 35.5. The lowest BCUT2D eigenvalue weighted by Crippen LogP contribution is -2.34. The Morgan fingerprint density at radius 3 is 2.72 bits per heavy atom.